The van der Waals surface area contributed by atoms with E-state index < -0.39 is 10.8 Å². The van der Waals surface area contributed by atoms with Gasteiger partial charge in [0.2, 0.25) is 0 Å². The van der Waals surface area contributed by atoms with Crippen LogP contribution < -0.4 is 5.32 Å². The molecule has 0 spiro atoms. The zero-order chi connectivity index (χ0) is 15.8. The van der Waals surface area contributed by atoms with Crippen molar-refractivity contribution in [3.05, 3.63) is 39.4 Å². The lowest BCUT2D eigenvalue weighted by atomic mass is 10.1. The number of nitrogens with one attached hydrogen (secondary N) is 1. The molecule has 0 fully saturated rings. The van der Waals surface area contributed by atoms with Gasteiger partial charge in [-0.1, -0.05) is 6.07 Å². The Morgan fingerprint density at radius 3 is 2.71 bits per heavy atom. The van der Waals surface area contributed by atoms with Crippen LogP contribution >= 0.6 is 0 Å². The van der Waals surface area contributed by atoms with E-state index in [1.54, 1.807) is 19.9 Å². The van der Waals surface area contributed by atoms with Crippen LogP contribution in [0.1, 0.15) is 35.7 Å². The van der Waals surface area contributed by atoms with Crippen molar-refractivity contribution in [1.29, 1.82) is 0 Å². The van der Waals surface area contributed by atoms with Gasteiger partial charge in [-0.15, -0.1) is 0 Å². The van der Waals surface area contributed by atoms with Crippen LogP contribution in [0.5, 0.6) is 0 Å². The number of ether oxygens (including phenoxy) is 1. The van der Waals surface area contributed by atoms with Crippen LogP contribution in [-0.2, 0) is 9.53 Å². The maximum absolute atomic E-state index is 12.0. The molecule has 114 valence electrons. The molecule has 0 radical (unpaired) electrons. The summed E-state index contributed by atoms with van der Waals surface area (Å²) in [4.78, 5) is 33.4. The molecule has 7 nitrogen and oxygen atoms in total. The number of nitrogens with zero attached hydrogens (tertiary/aromatic N) is 1. The first-order valence-electron chi connectivity index (χ1n) is 6.64. The number of hydrogen-bond donors (Lipinski definition) is 1. The van der Waals surface area contributed by atoms with E-state index in [2.05, 4.69) is 5.32 Å². The monoisotopic (exact) mass is 294 g/mol. The second-order valence-corrected chi connectivity index (χ2v) is 4.44. The van der Waals surface area contributed by atoms with E-state index in [1.165, 1.54) is 12.1 Å². The van der Waals surface area contributed by atoms with Crippen molar-refractivity contribution in [2.45, 2.75) is 26.7 Å². The molecule has 0 aliphatic rings. The molecular formula is C14H18N2O5. The largest absolute Gasteiger partial charge is 0.466 e. The molecule has 7 heteroatoms. The molecule has 0 bridgehead atoms. The van der Waals surface area contributed by atoms with Gasteiger partial charge in [0.25, 0.3) is 11.6 Å². The van der Waals surface area contributed by atoms with Crippen molar-refractivity contribution in [3.8, 4) is 0 Å². The van der Waals surface area contributed by atoms with Crippen molar-refractivity contribution in [2.75, 3.05) is 13.2 Å². The zero-order valence-corrected chi connectivity index (χ0v) is 12.0. The SMILES string of the molecule is CCOC(=O)CCCNC(=O)c1cc(C)ccc1[N+](=O)[O-]. The molecule has 1 rings (SSSR count). The van der Waals surface area contributed by atoms with Crippen LogP contribution in [0, 0.1) is 17.0 Å². The summed E-state index contributed by atoms with van der Waals surface area (Å²) in [5.41, 5.74) is 0.553. The molecule has 0 aliphatic carbocycles. The average molecular weight is 294 g/mol. The van der Waals surface area contributed by atoms with E-state index >= 15 is 0 Å². The van der Waals surface area contributed by atoms with E-state index in [9.17, 15) is 19.7 Å². The first kappa shape index (κ1) is 16.6. The second-order valence-electron chi connectivity index (χ2n) is 4.44. The highest BCUT2D eigenvalue weighted by Gasteiger charge is 2.19. The van der Waals surface area contributed by atoms with Crippen LogP contribution in [0.2, 0.25) is 0 Å². The molecule has 1 aromatic rings. The van der Waals surface area contributed by atoms with Crippen molar-refractivity contribution >= 4 is 17.6 Å². The van der Waals surface area contributed by atoms with E-state index in [4.69, 9.17) is 4.74 Å². The Balaban J connectivity index is 2.58. The Morgan fingerprint density at radius 1 is 1.38 bits per heavy atom. The number of carbonyl (C=O) groups excluding carboxylic acids is 2. The molecule has 1 N–H and O–H groups in total. The molecular weight excluding hydrogens is 276 g/mol. The van der Waals surface area contributed by atoms with Crippen LogP contribution in [0.4, 0.5) is 5.69 Å². The molecule has 1 aromatic carbocycles. The number of nitro groups is 1. The second kappa shape index (κ2) is 7.98. The molecule has 1 amide bonds. The summed E-state index contributed by atoms with van der Waals surface area (Å²) in [5.74, 6) is -0.845. The minimum Gasteiger partial charge on any atom is -0.466 e. The van der Waals surface area contributed by atoms with Gasteiger partial charge in [-0.25, -0.2) is 0 Å². The van der Waals surface area contributed by atoms with Crippen molar-refractivity contribution in [3.63, 3.8) is 0 Å². The summed E-state index contributed by atoms with van der Waals surface area (Å²) in [6.07, 6.45) is 0.619. The molecule has 21 heavy (non-hydrogen) atoms. The highest BCUT2D eigenvalue weighted by molar-refractivity contribution is 5.98. The van der Waals surface area contributed by atoms with Crippen molar-refractivity contribution < 1.29 is 19.2 Å². The number of amides is 1. The Bertz CT molecular complexity index is 542. The maximum atomic E-state index is 12.0. The van der Waals surface area contributed by atoms with Crippen LogP contribution in [0.15, 0.2) is 18.2 Å². The quantitative estimate of drug-likeness (QED) is 0.359. The first-order valence-corrected chi connectivity index (χ1v) is 6.64. The van der Waals surface area contributed by atoms with Gasteiger partial charge in [0.1, 0.15) is 5.56 Å². The van der Waals surface area contributed by atoms with Gasteiger partial charge in [-0.05, 0) is 31.9 Å². The Morgan fingerprint density at radius 2 is 2.10 bits per heavy atom. The number of rotatable bonds is 7. The topological polar surface area (TPSA) is 98.5 Å². The Kier molecular flexibility index (Phi) is 6.32. The van der Waals surface area contributed by atoms with E-state index in [0.29, 0.717) is 13.0 Å². The standard InChI is InChI=1S/C14H18N2O5/c1-3-21-13(17)5-4-8-15-14(18)11-9-10(2)6-7-12(11)16(19)20/h6-7,9H,3-5,8H2,1-2H3,(H,15,18). The lowest BCUT2D eigenvalue weighted by Gasteiger charge is -2.06. The number of aryl methyl sites for hydroxylation is 1. The molecule has 0 atom stereocenters. The van der Waals surface area contributed by atoms with Crippen molar-refractivity contribution in [2.24, 2.45) is 0 Å². The molecule has 0 aliphatic heterocycles. The number of benzene rings is 1. The third-order valence-corrected chi connectivity index (χ3v) is 2.74. The highest BCUT2D eigenvalue weighted by atomic mass is 16.6. The van der Waals surface area contributed by atoms with E-state index in [0.717, 1.165) is 5.56 Å². The maximum Gasteiger partial charge on any atom is 0.305 e. The lowest BCUT2D eigenvalue weighted by molar-refractivity contribution is -0.385. The van der Waals surface area contributed by atoms with Gasteiger partial charge in [0.15, 0.2) is 0 Å². The summed E-state index contributed by atoms with van der Waals surface area (Å²) in [7, 11) is 0. The number of nitro benzene ring substituents is 1. The van der Waals surface area contributed by atoms with Crippen LogP contribution in [-0.4, -0.2) is 30.0 Å². The zero-order valence-electron chi connectivity index (χ0n) is 12.0. The number of carbonyl (C=O) groups is 2. The molecule has 0 heterocycles. The summed E-state index contributed by atoms with van der Waals surface area (Å²) < 4.78 is 4.76. The lowest BCUT2D eigenvalue weighted by Crippen LogP contribution is -2.26. The summed E-state index contributed by atoms with van der Waals surface area (Å²) in [6.45, 7) is 4.04. The first-order chi connectivity index (χ1) is 9.95. The molecule has 0 unspecified atom stereocenters. The predicted molar refractivity (Wildman–Crippen MR) is 76.0 cm³/mol. The van der Waals surface area contributed by atoms with Gasteiger partial charge in [0.05, 0.1) is 11.5 Å². The molecule has 0 aromatic heterocycles. The third kappa shape index (κ3) is 5.21. The van der Waals surface area contributed by atoms with Gasteiger partial charge in [-0.3, -0.25) is 19.7 Å². The Hall–Kier alpha value is -2.44. The predicted octanol–water partition coefficient (Wildman–Crippen LogP) is 1.98. The summed E-state index contributed by atoms with van der Waals surface area (Å²) >= 11 is 0. The van der Waals surface area contributed by atoms with Crippen LogP contribution in [0.25, 0.3) is 0 Å². The fourth-order valence-corrected chi connectivity index (χ4v) is 1.75. The average Bonchev–Trinajstić information content (AvgIpc) is 2.43. The summed E-state index contributed by atoms with van der Waals surface area (Å²) in [5, 5.41) is 13.5. The van der Waals surface area contributed by atoms with E-state index in [1.807, 2.05) is 0 Å². The minimum absolute atomic E-state index is 0.0242. The molecule has 0 saturated carbocycles. The van der Waals surface area contributed by atoms with Gasteiger partial charge >= 0.3 is 5.97 Å². The number of esters is 1. The highest BCUT2D eigenvalue weighted by Crippen LogP contribution is 2.19. The smallest absolute Gasteiger partial charge is 0.305 e. The van der Waals surface area contributed by atoms with Gasteiger partial charge in [0, 0.05) is 19.0 Å². The normalized spacial score (nSPS) is 10.0. The minimum atomic E-state index is -0.590. The van der Waals surface area contributed by atoms with Crippen LogP contribution in [0.3, 0.4) is 0 Å². The number of hydrogen-bond acceptors (Lipinski definition) is 5. The van der Waals surface area contributed by atoms with Gasteiger partial charge in [-0.2, -0.15) is 0 Å². The molecule has 0 saturated heterocycles. The van der Waals surface area contributed by atoms with Crippen molar-refractivity contribution in [1.82, 2.24) is 5.32 Å². The fourth-order valence-electron chi connectivity index (χ4n) is 1.75. The fraction of sp³-hybridized carbons (Fsp3) is 0.429. The van der Waals surface area contributed by atoms with Gasteiger partial charge < -0.3 is 10.1 Å². The van der Waals surface area contributed by atoms with E-state index in [-0.39, 0.29) is 30.2 Å². The third-order valence-electron chi connectivity index (χ3n) is 2.74. The summed E-state index contributed by atoms with van der Waals surface area (Å²) in [6, 6.07) is 4.36. The Labute approximate surface area is 122 Å².